The van der Waals surface area contributed by atoms with Crippen LogP contribution in [0.2, 0.25) is 0 Å². The molecular weight excluding hydrogens is 268 g/mol. The predicted octanol–water partition coefficient (Wildman–Crippen LogP) is 2.67. The van der Waals surface area contributed by atoms with Crippen LogP contribution in [-0.4, -0.2) is 48.8 Å². The van der Waals surface area contributed by atoms with E-state index in [2.05, 4.69) is 12.1 Å². The number of likely N-dealkylation sites (tertiary alicyclic amines) is 1. The summed E-state index contributed by atoms with van der Waals surface area (Å²) in [4.78, 5) is 16.2. The van der Waals surface area contributed by atoms with Crippen molar-refractivity contribution < 1.29 is 14.3 Å². The molecule has 0 bridgehead atoms. The number of hydrogen-bond acceptors (Lipinski definition) is 3. The third-order valence-electron chi connectivity index (χ3n) is 4.36. The van der Waals surface area contributed by atoms with Gasteiger partial charge in [-0.2, -0.15) is 0 Å². The molecule has 1 fully saturated rings. The van der Waals surface area contributed by atoms with Gasteiger partial charge >= 0.3 is 6.03 Å². The van der Waals surface area contributed by atoms with E-state index in [0.717, 1.165) is 44.1 Å². The van der Waals surface area contributed by atoms with E-state index >= 15 is 0 Å². The Labute approximate surface area is 125 Å². The van der Waals surface area contributed by atoms with Gasteiger partial charge in [-0.1, -0.05) is 6.07 Å². The van der Waals surface area contributed by atoms with E-state index in [1.165, 1.54) is 5.56 Å². The average molecular weight is 290 g/mol. The Morgan fingerprint density at radius 3 is 2.81 bits per heavy atom. The van der Waals surface area contributed by atoms with Crippen molar-refractivity contribution in [1.29, 1.82) is 0 Å². The molecule has 0 aromatic heterocycles. The second-order valence-corrected chi connectivity index (χ2v) is 5.50. The highest BCUT2D eigenvalue weighted by atomic mass is 16.7. The highest BCUT2D eigenvalue weighted by Crippen LogP contribution is 2.37. The van der Waals surface area contributed by atoms with Crippen LogP contribution in [0.4, 0.5) is 4.79 Å². The molecule has 1 aromatic carbocycles. The molecule has 1 atom stereocenters. The Balaban J connectivity index is 1.68. The van der Waals surface area contributed by atoms with E-state index in [-0.39, 0.29) is 6.03 Å². The van der Waals surface area contributed by atoms with Gasteiger partial charge in [0.1, 0.15) is 0 Å². The molecule has 0 N–H and O–H groups in total. The van der Waals surface area contributed by atoms with Crippen molar-refractivity contribution in [1.82, 2.24) is 9.80 Å². The van der Waals surface area contributed by atoms with Crippen molar-refractivity contribution >= 4 is 6.03 Å². The molecule has 0 radical (unpaired) electrons. The lowest BCUT2D eigenvalue weighted by molar-refractivity contribution is 0.167. The second-order valence-electron chi connectivity index (χ2n) is 5.50. The molecule has 1 saturated heterocycles. The van der Waals surface area contributed by atoms with Crippen LogP contribution in [0.5, 0.6) is 11.5 Å². The summed E-state index contributed by atoms with van der Waals surface area (Å²) < 4.78 is 10.8. The Morgan fingerprint density at radius 1 is 1.29 bits per heavy atom. The molecule has 0 spiro atoms. The fraction of sp³-hybridized carbons (Fsp3) is 0.562. The summed E-state index contributed by atoms with van der Waals surface area (Å²) in [6, 6.07) is 6.26. The van der Waals surface area contributed by atoms with Crippen LogP contribution in [0.15, 0.2) is 18.2 Å². The lowest BCUT2D eigenvalue weighted by atomic mass is 9.98. The summed E-state index contributed by atoms with van der Waals surface area (Å²) in [5.41, 5.74) is 1.23. The van der Waals surface area contributed by atoms with Gasteiger partial charge < -0.3 is 19.3 Å². The Hall–Kier alpha value is -1.91. The normalized spacial score (nSPS) is 19.9. The number of urea groups is 1. The average Bonchev–Trinajstić information content (AvgIpc) is 3.16. The molecule has 21 heavy (non-hydrogen) atoms. The van der Waals surface area contributed by atoms with E-state index in [0.29, 0.717) is 12.7 Å². The third-order valence-corrected chi connectivity index (χ3v) is 4.36. The zero-order valence-corrected chi connectivity index (χ0v) is 12.7. The lowest BCUT2D eigenvalue weighted by Gasteiger charge is -2.26. The maximum absolute atomic E-state index is 12.4. The van der Waals surface area contributed by atoms with Gasteiger partial charge in [0.25, 0.3) is 0 Å². The van der Waals surface area contributed by atoms with Crippen LogP contribution in [0.3, 0.4) is 0 Å². The number of amides is 2. The van der Waals surface area contributed by atoms with Gasteiger partial charge in [-0.3, -0.25) is 0 Å². The van der Waals surface area contributed by atoms with Crippen LogP contribution in [-0.2, 0) is 0 Å². The first-order valence-corrected chi connectivity index (χ1v) is 7.66. The summed E-state index contributed by atoms with van der Waals surface area (Å²) in [5, 5.41) is 0. The first kappa shape index (κ1) is 14.0. The Morgan fingerprint density at radius 2 is 2.05 bits per heavy atom. The number of benzene rings is 1. The van der Waals surface area contributed by atoms with Crippen molar-refractivity contribution in [2.75, 3.05) is 33.0 Å². The van der Waals surface area contributed by atoms with Gasteiger partial charge in [0.15, 0.2) is 11.5 Å². The Bertz CT molecular complexity index is 528. The largest absolute Gasteiger partial charge is 0.454 e. The standard InChI is InChI=1S/C16H22N2O3/c1-3-17(4-2)16(19)18-8-7-13(10-18)12-5-6-14-15(9-12)21-11-20-14/h5-6,9,13H,3-4,7-8,10-11H2,1-2H3. The monoisotopic (exact) mass is 290 g/mol. The quantitative estimate of drug-likeness (QED) is 0.859. The molecule has 2 aliphatic rings. The number of ether oxygens (including phenoxy) is 2. The van der Waals surface area contributed by atoms with E-state index in [1.54, 1.807) is 0 Å². The van der Waals surface area contributed by atoms with Crippen LogP contribution in [0.1, 0.15) is 31.7 Å². The molecule has 3 rings (SSSR count). The van der Waals surface area contributed by atoms with Gasteiger partial charge in [0, 0.05) is 32.1 Å². The van der Waals surface area contributed by atoms with Gasteiger partial charge in [0.05, 0.1) is 0 Å². The lowest BCUT2D eigenvalue weighted by Crippen LogP contribution is -2.41. The maximum Gasteiger partial charge on any atom is 0.319 e. The molecule has 2 aliphatic heterocycles. The van der Waals surface area contributed by atoms with E-state index in [9.17, 15) is 4.79 Å². The second kappa shape index (κ2) is 5.84. The fourth-order valence-corrected chi connectivity index (χ4v) is 3.07. The van der Waals surface area contributed by atoms with Crippen molar-refractivity contribution in [3.63, 3.8) is 0 Å². The maximum atomic E-state index is 12.4. The van der Waals surface area contributed by atoms with Crippen molar-refractivity contribution in [3.05, 3.63) is 23.8 Å². The van der Waals surface area contributed by atoms with Crippen molar-refractivity contribution in [2.45, 2.75) is 26.2 Å². The first-order chi connectivity index (χ1) is 10.2. The molecular formula is C16H22N2O3. The first-order valence-electron chi connectivity index (χ1n) is 7.66. The van der Waals surface area contributed by atoms with Crippen LogP contribution < -0.4 is 9.47 Å². The number of carbonyl (C=O) groups excluding carboxylic acids is 1. The topological polar surface area (TPSA) is 42.0 Å². The number of hydrogen-bond donors (Lipinski definition) is 0. The van der Waals surface area contributed by atoms with Gasteiger partial charge in [-0.25, -0.2) is 4.79 Å². The van der Waals surface area contributed by atoms with E-state index in [1.807, 2.05) is 29.7 Å². The highest BCUT2D eigenvalue weighted by molar-refractivity contribution is 5.74. The minimum Gasteiger partial charge on any atom is -0.454 e. The summed E-state index contributed by atoms with van der Waals surface area (Å²) in [5.74, 6) is 2.02. The van der Waals surface area contributed by atoms with Crippen molar-refractivity contribution in [2.24, 2.45) is 0 Å². The summed E-state index contributed by atoms with van der Waals surface area (Å²) >= 11 is 0. The number of rotatable bonds is 3. The number of carbonyl (C=O) groups is 1. The van der Waals surface area contributed by atoms with Gasteiger partial charge in [0.2, 0.25) is 6.79 Å². The molecule has 1 unspecified atom stereocenters. The van der Waals surface area contributed by atoms with Crippen LogP contribution >= 0.6 is 0 Å². The third kappa shape index (κ3) is 2.64. The summed E-state index contributed by atoms with van der Waals surface area (Å²) in [6.07, 6.45) is 1.01. The van der Waals surface area contributed by atoms with Gasteiger partial charge in [-0.15, -0.1) is 0 Å². The van der Waals surface area contributed by atoms with Crippen molar-refractivity contribution in [3.8, 4) is 11.5 Å². The predicted molar refractivity (Wildman–Crippen MR) is 79.8 cm³/mol. The minimum atomic E-state index is 0.156. The van der Waals surface area contributed by atoms with Crippen LogP contribution in [0.25, 0.3) is 0 Å². The molecule has 114 valence electrons. The number of nitrogens with zero attached hydrogens (tertiary/aromatic N) is 2. The fourth-order valence-electron chi connectivity index (χ4n) is 3.07. The van der Waals surface area contributed by atoms with E-state index in [4.69, 9.17) is 9.47 Å². The van der Waals surface area contributed by atoms with E-state index < -0.39 is 0 Å². The SMILES string of the molecule is CCN(CC)C(=O)N1CCC(c2ccc3c(c2)OCO3)C1. The molecule has 1 aromatic rings. The molecule has 0 aliphatic carbocycles. The van der Waals surface area contributed by atoms with Gasteiger partial charge in [-0.05, 0) is 38.0 Å². The number of fused-ring (bicyclic) bond motifs is 1. The zero-order valence-electron chi connectivity index (χ0n) is 12.7. The zero-order chi connectivity index (χ0) is 14.8. The molecule has 5 nitrogen and oxygen atoms in total. The molecule has 0 saturated carbocycles. The summed E-state index contributed by atoms with van der Waals surface area (Å²) in [6.45, 7) is 7.49. The van der Waals surface area contributed by atoms with Crippen LogP contribution in [0, 0.1) is 0 Å². The highest BCUT2D eigenvalue weighted by Gasteiger charge is 2.30. The minimum absolute atomic E-state index is 0.156. The molecule has 5 heteroatoms. The smallest absolute Gasteiger partial charge is 0.319 e. The summed E-state index contributed by atoms with van der Waals surface area (Å²) in [7, 11) is 0. The molecule has 2 heterocycles. The Kier molecular flexibility index (Phi) is 3.90. The molecule has 2 amide bonds.